The molecular weight excluding hydrogens is 632 g/mol. The molecule has 10 nitrogen and oxygen atoms in total. The summed E-state index contributed by atoms with van der Waals surface area (Å²) in [5.41, 5.74) is 3.97. The summed E-state index contributed by atoms with van der Waals surface area (Å²) in [6, 6.07) is 12.5. The first-order valence-corrected chi connectivity index (χ1v) is 16.6. The number of nitrogens with zero attached hydrogens (tertiary/aromatic N) is 7. The first kappa shape index (κ1) is 31.4. The van der Waals surface area contributed by atoms with Gasteiger partial charge in [-0.2, -0.15) is 13.2 Å². The van der Waals surface area contributed by atoms with Crippen LogP contribution >= 0.6 is 0 Å². The number of likely N-dealkylation sites (tertiary alicyclic amines) is 1. The van der Waals surface area contributed by atoms with Crippen molar-refractivity contribution in [3.8, 4) is 17.4 Å². The molecule has 0 unspecified atom stereocenters. The van der Waals surface area contributed by atoms with Gasteiger partial charge in [0.1, 0.15) is 23.9 Å². The number of hydrogen-bond acceptors (Lipinski definition) is 8. The quantitative estimate of drug-likeness (QED) is 0.181. The van der Waals surface area contributed by atoms with Gasteiger partial charge in [0.2, 0.25) is 11.7 Å². The van der Waals surface area contributed by atoms with Crippen LogP contribution in [0.5, 0.6) is 5.88 Å². The van der Waals surface area contributed by atoms with Crippen molar-refractivity contribution < 1.29 is 27.0 Å². The monoisotopic (exact) mass is 666 g/mol. The molecule has 1 aromatic carbocycles. The molecule has 2 fully saturated rings. The lowest BCUT2D eigenvalue weighted by Crippen LogP contribution is -2.48. The summed E-state index contributed by atoms with van der Waals surface area (Å²) in [5, 5.41) is 6.70. The van der Waals surface area contributed by atoms with Crippen LogP contribution in [0.4, 0.5) is 17.6 Å². The molecule has 2 aliphatic heterocycles. The molecule has 0 aliphatic carbocycles. The Bertz CT molecular complexity index is 1900. The third kappa shape index (κ3) is 6.78. The Kier molecular flexibility index (Phi) is 8.30. The molecule has 4 aromatic heterocycles. The molecule has 15 heteroatoms. The molecule has 246 valence electrons. The van der Waals surface area contributed by atoms with Crippen molar-refractivity contribution in [3.05, 3.63) is 82.9 Å². The number of hydrogen-bond donors (Lipinski definition) is 1. The van der Waals surface area contributed by atoms with Gasteiger partial charge in [-0.05, 0) is 63.0 Å². The van der Waals surface area contributed by atoms with Crippen molar-refractivity contribution >= 4 is 21.3 Å². The number of H-pyrrole nitrogens is 1. The fourth-order valence-electron chi connectivity index (χ4n) is 6.16. The van der Waals surface area contributed by atoms with Gasteiger partial charge in [-0.15, -0.1) is 10.2 Å². The number of pyridine rings is 2. The number of halogens is 4. The average Bonchev–Trinajstić information content (AvgIpc) is 3.66. The van der Waals surface area contributed by atoms with Crippen molar-refractivity contribution in [2.45, 2.75) is 63.2 Å². The highest BCUT2D eigenvalue weighted by molar-refractivity contribution is 6.15. The van der Waals surface area contributed by atoms with Gasteiger partial charge in [-0.3, -0.25) is 9.88 Å². The van der Waals surface area contributed by atoms with E-state index in [0.717, 1.165) is 71.8 Å². The molecule has 1 atom stereocenters. The highest BCUT2D eigenvalue weighted by Crippen LogP contribution is 2.32. The minimum absolute atomic E-state index is 0.0653. The summed E-state index contributed by atoms with van der Waals surface area (Å²) in [7, 11) is 0.848. The lowest BCUT2D eigenvalue weighted by molar-refractivity contribution is -0.144. The summed E-state index contributed by atoms with van der Waals surface area (Å²) in [4.78, 5) is 18.7. The molecule has 1 N–H and O–H groups in total. The van der Waals surface area contributed by atoms with Gasteiger partial charge in [-0.25, -0.2) is 14.4 Å². The SMILES string of the molecule is Cc1ccc(COc2cccc(C3CCN(Cc4nc5cc(-c6nnc(C(F)(F)F)[nH]6)ncc5n4C[C@]4([SiH3])CCO4)CC3)n2)c(F)c1. The Morgan fingerprint density at radius 2 is 1.91 bits per heavy atom. The molecule has 7 rings (SSSR count). The standard InChI is InChI=1S/C32H34F4N8O2Si/c1-19-5-6-21(22(33)13-19)17-45-28-4-2-3-23(39-28)20-7-10-43(11-8-20)16-27-38-24-14-25(29-40-30(42-41-29)32(34,35)36)37-15-26(24)44(27)18-31(47)9-12-46-31/h2-6,13-15,20H,7-12,16-18H2,1,47H3,(H,40,41,42)/t31-/m1/s1. The zero-order valence-corrected chi connectivity index (χ0v) is 28.0. The minimum atomic E-state index is -4.63. The van der Waals surface area contributed by atoms with Crippen LogP contribution in [-0.2, 0) is 30.6 Å². The lowest BCUT2D eigenvalue weighted by atomic mass is 9.93. The van der Waals surface area contributed by atoms with Crippen LogP contribution in [-0.4, -0.2) is 74.8 Å². The van der Waals surface area contributed by atoms with Crippen LogP contribution in [0, 0.1) is 12.7 Å². The molecule has 0 bridgehead atoms. The van der Waals surface area contributed by atoms with Crippen LogP contribution in [0.25, 0.3) is 22.6 Å². The van der Waals surface area contributed by atoms with E-state index in [2.05, 4.69) is 29.6 Å². The third-order valence-electron chi connectivity index (χ3n) is 8.99. The average molecular weight is 667 g/mol. The van der Waals surface area contributed by atoms with Gasteiger partial charge in [0.05, 0.1) is 29.0 Å². The molecule has 6 heterocycles. The number of ether oxygens (including phenoxy) is 2. The number of imidazole rings is 1. The summed E-state index contributed by atoms with van der Waals surface area (Å²) >= 11 is 0. The maximum absolute atomic E-state index is 14.3. The summed E-state index contributed by atoms with van der Waals surface area (Å²) in [6.07, 6.45) is -0.218. The van der Waals surface area contributed by atoms with E-state index in [9.17, 15) is 17.6 Å². The van der Waals surface area contributed by atoms with Crippen LogP contribution in [0.1, 0.15) is 53.7 Å². The number of alkyl halides is 3. The number of aromatic amines is 1. The van der Waals surface area contributed by atoms with Gasteiger partial charge >= 0.3 is 6.18 Å². The number of nitrogens with one attached hydrogen (secondary N) is 1. The second-order valence-corrected chi connectivity index (χ2v) is 14.4. The van der Waals surface area contributed by atoms with E-state index in [4.69, 9.17) is 19.4 Å². The van der Waals surface area contributed by atoms with Gasteiger partial charge in [-0.1, -0.05) is 18.2 Å². The lowest BCUT2D eigenvalue weighted by Gasteiger charge is -2.40. The Morgan fingerprint density at radius 1 is 1.11 bits per heavy atom. The Hall–Kier alpha value is -4.21. The number of rotatable bonds is 9. The van der Waals surface area contributed by atoms with E-state index >= 15 is 0 Å². The highest BCUT2D eigenvalue weighted by Gasteiger charge is 2.36. The number of piperidine rings is 1. The van der Waals surface area contributed by atoms with E-state index in [1.54, 1.807) is 24.4 Å². The van der Waals surface area contributed by atoms with E-state index in [1.165, 1.54) is 6.07 Å². The smallest absolute Gasteiger partial charge is 0.451 e. The molecule has 2 aliphatic rings. The summed E-state index contributed by atoms with van der Waals surface area (Å²) in [5.74, 6) is 0.0636. The van der Waals surface area contributed by atoms with Crippen molar-refractivity contribution in [3.63, 3.8) is 0 Å². The molecule has 0 saturated carbocycles. The second kappa shape index (κ2) is 12.4. The van der Waals surface area contributed by atoms with Crippen molar-refractivity contribution in [1.29, 1.82) is 0 Å². The summed E-state index contributed by atoms with van der Waals surface area (Å²) < 4.78 is 67.5. The van der Waals surface area contributed by atoms with Crippen LogP contribution in [0.2, 0.25) is 0 Å². The van der Waals surface area contributed by atoms with Crippen molar-refractivity contribution in [2.75, 3.05) is 19.7 Å². The second-order valence-electron chi connectivity index (χ2n) is 12.6. The Morgan fingerprint density at radius 3 is 2.62 bits per heavy atom. The summed E-state index contributed by atoms with van der Waals surface area (Å²) in [6.45, 7) is 5.61. The van der Waals surface area contributed by atoms with E-state index < -0.39 is 12.0 Å². The first-order valence-electron chi connectivity index (χ1n) is 15.6. The van der Waals surface area contributed by atoms with Gasteiger partial charge in [0, 0.05) is 46.6 Å². The van der Waals surface area contributed by atoms with Crippen molar-refractivity contribution in [2.24, 2.45) is 0 Å². The third-order valence-corrected chi connectivity index (χ3v) is 10.1. The highest BCUT2D eigenvalue weighted by atomic mass is 28.1. The molecule has 5 aromatic rings. The number of aromatic nitrogens is 7. The molecule has 2 saturated heterocycles. The van der Waals surface area contributed by atoms with Gasteiger partial charge in [0.25, 0.3) is 0 Å². The normalized spacial score (nSPS) is 19.3. The Labute approximate surface area is 271 Å². The zero-order chi connectivity index (χ0) is 32.8. The Balaban J connectivity index is 1.05. The van der Waals surface area contributed by atoms with Crippen LogP contribution in [0.3, 0.4) is 0 Å². The molecule has 0 spiro atoms. The van der Waals surface area contributed by atoms with E-state index in [0.29, 0.717) is 30.0 Å². The predicted octanol–water partition coefficient (Wildman–Crippen LogP) is 4.52. The molecule has 0 amide bonds. The minimum Gasteiger partial charge on any atom is -0.473 e. The predicted molar refractivity (Wildman–Crippen MR) is 168 cm³/mol. The van der Waals surface area contributed by atoms with E-state index in [-0.39, 0.29) is 35.1 Å². The van der Waals surface area contributed by atoms with Crippen LogP contribution in [0.15, 0.2) is 48.7 Å². The first-order chi connectivity index (χ1) is 22.5. The largest absolute Gasteiger partial charge is 0.473 e. The molecule has 0 radical (unpaired) electrons. The topological polar surface area (TPSA) is 107 Å². The molecule has 47 heavy (non-hydrogen) atoms. The van der Waals surface area contributed by atoms with Gasteiger partial charge < -0.3 is 19.0 Å². The number of fused-ring (bicyclic) bond motifs is 1. The van der Waals surface area contributed by atoms with Gasteiger partial charge in [0.15, 0.2) is 5.82 Å². The maximum atomic E-state index is 14.3. The van der Waals surface area contributed by atoms with Crippen LogP contribution < -0.4 is 4.74 Å². The van der Waals surface area contributed by atoms with E-state index in [1.807, 2.05) is 25.1 Å². The number of benzene rings is 1. The fourth-order valence-corrected chi connectivity index (χ4v) is 6.89. The van der Waals surface area contributed by atoms with Crippen molar-refractivity contribution in [1.82, 2.24) is 39.6 Å². The molecular formula is C32H34F4N8O2Si. The zero-order valence-electron chi connectivity index (χ0n) is 26.0. The fraction of sp³-hybridized carbons (Fsp3) is 0.406. The number of aryl methyl sites for hydroxylation is 1. The maximum Gasteiger partial charge on any atom is 0.451 e.